The number of fused-ring (bicyclic) bond motifs is 1. The van der Waals surface area contributed by atoms with Crippen LogP contribution in [0.2, 0.25) is 0 Å². The lowest BCUT2D eigenvalue weighted by molar-refractivity contribution is 0.984. The molecule has 0 saturated heterocycles. The van der Waals surface area contributed by atoms with E-state index in [9.17, 15) is 0 Å². The van der Waals surface area contributed by atoms with Crippen molar-refractivity contribution in [3.63, 3.8) is 0 Å². The summed E-state index contributed by atoms with van der Waals surface area (Å²) in [4.78, 5) is 4.29. The molecule has 3 nitrogen and oxygen atoms in total. The molecule has 0 aliphatic heterocycles. The van der Waals surface area contributed by atoms with Crippen LogP contribution in [0.15, 0.2) is 115 Å². The molecule has 0 aromatic heterocycles. The van der Waals surface area contributed by atoms with Crippen LogP contribution in [0.5, 0.6) is 0 Å². The highest BCUT2D eigenvalue weighted by Crippen LogP contribution is 2.39. The van der Waals surface area contributed by atoms with Crippen LogP contribution in [0, 0.1) is 0 Å². The zero-order valence-electron chi connectivity index (χ0n) is 21.8. The molecule has 188 valence electrons. The number of benzene rings is 5. The number of halogens is 1. The summed E-state index contributed by atoms with van der Waals surface area (Å²) in [6.45, 7) is 0. The monoisotopic (exact) mass is 507 g/mol. The van der Waals surface area contributed by atoms with E-state index in [0.717, 1.165) is 11.4 Å². The van der Waals surface area contributed by atoms with Gasteiger partial charge in [0.25, 0.3) is 0 Å². The lowest BCUT2D eigenvalue weighted by atomic mass is 9.82. The Balaban J connectivity index is 0.00000320. The first-order chi connectivity index (χ1) is 17.5. The molecule has 0 bridgehead atoms. The van der Waals surface area contributed by atoms with Gasteiger partial charge in [0.2, 0.25) is 0 Å². The third-order valence-corrected chi connectivity index (χ3v) is 6.81. The molecular weight excluding hydrogens is 474 g/mol. The summed E-state index contributed by atoms with van der Waals surface area (Å²) in [7, 11) is 8.33. The van der Waals surface area contributed by atoms with Crippen molar-refractivity contribution in [3.05, 3.63) is 132 Å². The van der Waals surface area contributed by atoms with Crippen molar-refractivity contribution in [2.45, 2.75) is 5.92 Å². The zero-order valence-corrected chi connectivity index (χ0v) is 22.7. The zero-order chi connectivity index (χ0) is 25.1. The van der Waals surface area contributed by atoms with Gasteiger partial charge in [-0.1, -0.05) is 72.8 Å². The molecule has 0 fully saturated rings. The van der Waals surface area contributed by atoms with Gasteiger partial charge in [0.15, 0.2) is 0 Å². The van der Waals surface area contributed by atoms with Crippen molar-refractivity contribution in [1.82, 2.24) is 0 Å². The quantitative estimate of drug-likeness (QED) is 0.223. The summed E-state index contributed by atoms with van der Waals surface area (Å²) in [5.41, 5.74) is 8.48. The second kappa shape index (κ2) is 11.4. The van der Waals surface area contributed by atoms with E-state index in [4.69, 9.17) is 0 Å². The number of hydrogen-bond acceptors (Lipinski definition) is 3. The number of nitrogens with one attached hydrogen (secondary N) is 1. The molecule has 0 atom stereocenters. The maximum absolute atomic E-state index is 3.62. The lowest BCUT2D eigenvalue weighted by Gasteiger charge is -2.24. The van der Waals surface area contributed by atoms with Crippen LogP contribution >= 0.6 is 12.4 Å². The van der Waals surface area contributed by atoms with Crippen molar-refractivity contribution in [2.75, 3.05) is 43.3 Å². The standard InChI is InChI=1S/C33H33N3.ClH/c1-35(2)27-18-14-24(15-19-27)33(25-16-20-28(21-17-25)36(3)4)31-22-23-32(30-13-9-8-12-29(30)31)34-26-10-6-5-7-11-26;/h5-23,33-34H,1-4H3;1H. The highest BCUT2D eigenvalue weighted by Gasteiger charge is 2.20. The van der Waals surface area contributed by atoms with Crippen molar-refractivity contribution in [3.8, 4) is 0 Å². The average molecular weight is 508 g/mol. The average Bonchev–Trinajstić information content (AvgIpc) is 2.91. The van der Waals surface area contributed by atoms with Gasteiger partial charge in [-0.3, -0.25) is 0 Å². The fourth-order valence-electron chi connectivity index (χ4n) is 4.84. The van der Waals surface area contributed by atoms with E-state index in [1.54, 1.807) is 0 Å². The van der Waals surface area contributed by atoms with Crippen LogP contribution in [0.4, 0.5) is 22.7 Å². The molecule has 5 aromatic rings. The molecule has 0 saturated carbocycles. The Bertz CT molecular complexity index is 1390. The topological polar surface area (TPSA) is 18.5 Å². The Labute approximate surface area is 226 Å². The molecule has 1 N–H and O–H groups in total. The third-order valence-electron chi connectivity index (χ3n) is 6.81. The third kappa shape index (κ3) is 5.58. The van der Waals surface area contributed by atoms with Gasteiger partial charge in [-0.2, -0.15) is 0 Å². The summed E-state index contributed by atoms with van der Waals surface area (Å²) in [6, 6.07) is 41.5. The molecule has 0 aliphatic carbocycles. The van der Waals surface area contributed by atoms with Gasteiger partial charge in [0.05, 0.1) is 0 Å². The van der Waals surface area contributed by atoms with Crippen molar-refractivity contribution in [2.24, 2.45) is 0 Å². The molecule has 4 heteroatoms. The predicted octanol–water partition coefficient (Wildman–Crippen LogP) is 8.32. The highest BCUT2D eigenvalue weighted by atomic mass is 35.5. The fraction of sp³-hybridized carbons (Fsp3) is 0.152. The Morgan fingerprint density at radius 2 is 1.00 bits per heavy atom. The number of nitrogens with zero attached hydrogens (tertiary/aromatic N) is 2. The molecule has 5 rings (SSSR count). The molecule has 37 heavy (non-hydrogen) atoms. The molecular formula is C33H34ClN3. The SMILES string of the molecule is CN(C)c1ccc(C(c2ccc(N(C)C)cc2)c2ccc(Nc3ccccc3)c3ccccc23)cc1.Cl. The molecule has 0 heterocycles. The smallest absolute Gasteiger partial charge is 0.0464 e. The summed E-state index contributed by atoms with van der Waals surface area (Å²) in [5.74, 6) is 0.119. The molecule has 0 unspecified atom stereocenters. The number of rotatable bonds is 7. The van der Waals surface area contributed by atoms with Crippen molar-refractivity contribution < 1.29 is 0 Å². The Hall–Kier alpha value is -3.95. The predicted molar refractivity (Wildman–Crippen MR) is 163 cm³/mol. The van der Waals surface area contributed by atoms with Gasteiger partial charge < -0.3 is 15.1 Å². The maximum atomic E-state index is 3.62. The highest BCUT2D eigenvalue weighted by molar-refractivity contribution is 5.98. The Kier molecular flexibility index (Phi) is 8.05. The van der Waals surface area contributed by atoms with Crippen LogP contribution in [-0.2, 0) is 0 Å². The van der Waals surface area contributed by atoms with Crippen LogP contribution in [0.1, 0.15) is 22.6 Å². The van der Waals surface area contributed by atoms with E-state index >= 15 is 0 Å². The van der Waals surface area contributed by atoms with E-state index in [1.165, 1.54) is 38.8 Å². The number of para-hydroxylation sites is 1. The molecule has 0 amide bonds. The fourth-order valence-corrected chi connectivity index (χ4v) is 4.84. The van der Waals surface area contributed by atoms with E-state index in [2.05, 4.69) is 153 Å². The lowest BCUT2D eigenvalue weighted by Crippen LogP contribution is -2.10. The van der Waals surface area contributed by atoms with E-state index in [0.29, 0.717) is 0 Å². The Morgan fingerprint density at radius 3 is 1.51 bits per heavy atom. The first-order valence-corrected chi connectivity index (χ1v) is 12.4. The molecule has 0 radical (unpaired) electrons. The van der Waals surface area contributed by atoms with Gasteiger partial charge in [-0.15, -0.1) is 12.4 Å². The van der Waals surface area contributed by atoms with Gasteiger partial charge in [0.1, 0.15) is 0 Å². The minimum absolute atomic E-state index is 0. The summed E-state index contributed by atoms with van der Waals surface area (Å²) in [5, 5.41) is 6.10. The van der Waals surface area contributed by atoms with Crippen LogP contribution in [0.25, 0.3) is 10.8 Å². The van der Waals surface area contributed by atoms with Crippen LogP contribution in [0.3, 0.4) is 0 Å². The summed E-state index contributed by atoms with van der Waals surface area (Å²) >= 11 is 0. The molecule has 0 spiro atoms. The van der Waals surface area contributed by atoms with E-state index in [1.807, 2.05) is 6.07 Å². The first kappa shape index (κ1) is 26.1. The normalized spacial score (nSPS) is 10.7. The molecule has 0 aliphatic rings. The van der Waals surface area contributed by atoms with Gasteiger partial charge in [-0.05, 0) is 64.5 Å². The second-order valence-corrected chi connectivity index (χ2v) is 9.64. The number of hydrogen-bond donors (Lipinski definition) is 1. The number of anilines is 4. The molecule has 5 aromatic carbocycles. The van der Waals surface area contributed by atoms with Crippen molar-refractivity contribution in [1.29, 1.82) is 0 Å². The van der Waals surface area contributed by atoms with Crippen molar-refractivity contribution >= 4 is 45.9 Å². The first-order valence-electron chi connectivity index (χ1n) is 12.4. The van der Waals surface area contributed by atoms with E-state index in [-0.39, 0.29) is 18.3 Å². The summed E-state index contributed by atoms with van der Waals surface area (Å²) < 4.78 is 0. The van der Waals surface area contributed by atoms with Gasteiger partial charge in [-0.25, -0.2) is 0 Å². The Morgan fingerprint density at radius 1 is 0.514 bits per heavy atom. The summed E-state index contributed by atoms with van der Waals surface area (Å²) in [6.07, 6.45) is 0. The minimum atomic E-state index is 0. The van der Waals surface area contributed by atoms with Crippen LogP contribution in [-0.4, -0.2) is 28.2 Å². The van der Waals surface area contributed by atoms with E-state index < -0.39 is 0 Å². The minimum Gasteiger partial charge on any atom is -0.378 e. The largest absolute Gasteiger partial charge is 0.378 e. The van der Waals surface area contributed by atoms with Crippen LogP contribution < -0.4 is 15.1 Å². The second-order valence-electron chi connectivity index (χ2n) is 9.64. The maximum Gasteiger partial charge on any atom is 0.0464 e. The van der Waals surface area contributed by atoms with Gasteiger partial charge >= 0.3 is 0 Å². The van der Waals surface area contributed by atoms with Gasteiger partial charge in [0, 0.05) is 62.2 Å².